The molecule has 3 rings (SSSR count). The molecule has 0 aliphatic heterocycles. The van der Waals surface area contributed by atoms with Crippen molar-refractivity contribution >= 4 is 0 Å². The van der Waals surface area contributed by atoms with E-state index in [-0.39, 0.29) is 11.8 Å². The molecule has 0 amide bonds. The highest BCUT2D eigenvalue weighted by Gasteiger charge is 2.29. The summed E-state index contributed by atoms with van der Waals surface area (Å²) in [4.78, 5) is 0. The summed E-state index contributed by atoms with van der Waals surface area (Å²) in [5, 5.41) is 0. The minimum atomic E-state index is -0.0340. The number of hydrogen-bond donors (Lipinski definition) is 0. The molecule has 2 aromatic carbocycles. The molecule has 6 nitrogen and oxygen atoms in total. The van der Waals surface area contributed by atoms with Crippen LogP contribution >= 0.6 is 0 Å². The van der Waals surface area contributed by atoms with Crippen molar-refractivity contribution in [2.75, 3.05) is 42.7 Å². The number of benzene rings is 2. The van der Waals surface area contributed by atoms with Crippen molar-refractivity contribution in [3.63, 3.8) is 0 Å². The van der Waals surface area contributed by atoms with Gasteiger partial charge in [-0.15, -0.1) is 0 Å². The Kier molecular flexibility index (Phi) is 7.92. The fourth-order valence-corrected chi connectivity index (χ4v) is 4.14. The van der Waals surface area contributed by atoms with Crippen LogP contribution in [-0.2, 0) is 0 Å². The average Bonchev–Trinajstić information content (AvgIpc) is 2.82. The third kappa shape index (κ3) is 4.64. The fraction of sp³-hybridized carbons (Fsp3) is 0.385. The zero-order chi connectivity index (χ0) is 23.1. The van der Waals surface area contributed by atoms with E-state index in [4.69, 9.17) is 28.4 Å². The number of allylic oxidation sites excluding steroid dienone is 4. The maximum Gasteiger partial charge on any atom is 0.164 e. The number of methoxy groups -OCH3 is 6. The molecule has 0 aromatic heterocycles. The van der Waals surface area contributed by atoms with Crippen LogP contribution in [0.15, 0.2) is 48.6 Å². The molecular formula is C26H32O6. The Balaban J connectivity index is 2.23. The molecule has 0 spiro atoms. The van der Waals surface area contributed by atoms with Gasteiger partial charge in [0.05, 0.1) is 42.7 Å². The summed E-state index contributed by atoms with van der Waals surface area (Å²) in [6.45, 7) is 0. The van der Waals surface area contributed by atoms with Crippen LogP contribution in [-0.4, -0.2) is 42.7 Å². The van der Waals surface area contributed by atoms with Crippen LogP contribution in [0.1, 0.15) is 35.8 Å². The first-order valence-electron chi connectivity index (χ1n) is 10.5. The molecule has 0 saturated carbocycles. The molecule has 0 radical (unpaired) electrons. The highest BCUT2D eigenvalue weighted by molar-refractivity contribution is 5.57. The summed E-state index contributed by atoms with van der Waals surface area (Å²) < 4.78 is 33.7. The Morgan fingerprint density at radius 3 is 1.09 bits per heavy atom. The van der Waals surface area contributed by atoms with Crippen LogP contribution in [0.2, 0.25) is 0 Å². The van der Waals surface area contributed by atoms with E-state index in [2.05, 4.69) is 24.3 Å². The first-order chi connectivity index (χ1) is 15.6. The number of rotatable bonds is 8. The fourth-order valence-electron chi connectivity index (χ4n) is 4.14. The lowest BCUT2D eigenvalue weighted by atomic mass is 9.78. The Morgan fingerprint density at radius 2 is 0.781 bits per heavy atom. The van der Waals surface area contributed by atoms with Crippen molar-refractivity contribution in [3.8, 4) is 34.5 Å². The van der Waals surface area contributed by atoms with Crippen molar-refractivity contribution in [2.24, 2.45) is 0 Å². The van der Waals surface area contributed by atoms with Gasteiger partial charge in [-0.1, -0.05) is 24.3 Å². The Labute approximate surface area is 190 Å². The van der Waals surface area contributed by atoms with E-state index in [1.54, 1.807) is 42.7 Å². The second-order valence-electron chi connectivity index (χ2n) is 7.38. The largest absolute Gasteiger partial charge is 0.496 e. The van der Waals surface area contributed by atoms with E-state index in [0.29, 0.717) is 23.0 Å². The molecule has 32 heavy (non-hydrogen) atoms. The molecule has 172 valence electrons. The van der Waals surface area contributed by atoms with Gasteiger partial charge in [0, 0.05) is 35.1 Å². The zero-order valence-corrected chi connectivity index (χ0v) is 19.6. The predicted octanol–water partition coefficient (Wildman–Crippen LogP) is 5.51. The van der Waals surface area contributed by atoms with Crippen LogP contribution in [0, 0.1) is 0 Å². The average molecular weight is 441 g/mol. The third-order valence-corrected chi connectivity index (χ3v) is 5.76. The molecule has 0 fully saturated rings. The monoisotopic (exact) mass is 440 g/mol. The highest BCUT2D eigenvalue weighted by atomic mass is 16.5. The van der Waals surface area contributed by atoms with Crippen molar-refractivity contribution < 1.29 is 28.4 Å². The maximum atomic E-state index is 5.77. The first-order valence-corrected chi connectivity index (χ1v) is 10.5. The number of ether oxygens (including phenoxy) is 6. The molecule has 1 aliphatic carbocycles. The molecule has 0 saturated heterocycles. The van der Waals surface area contributed by atoms with Gasteiger partial charge in [0.15, 0.2) is 23.0 Å². The van der Waals surface area contributed by atoms with Crippen molar-refractivity contribution in [1.29, 1.82) is 0 Å². The van der Waals surface area contributed by atoms with E-state index < -0.39 is 0 Å². The van der Waals surface area contributed by atoms with E-state index in [1.807, 2.05) is 24.3 Å². The van der Waals surface area contributed by atoms with Crippen molar-refractivity contribution in [2.45, 2.75) is 24.7 Å². The lowest BCUT2D eigenvalue weighted by Gasteiger charge is -2.28. The van der Waals surface area contributed by atoms with E-state index in [9.17, 15) is 0 Å². The highest BCUT2D eigenvalue weighted by Crippen LogP contribution is 2.48. The van der Waals surface area contributed by atoms with Gasteiger partial charge in [0.25, 0.3) is 0 Å². The molecule has 0 bridgehead atoms. The summed E-state index contributed by atoms with van der Waals surface area (Å²) in [5.41, 5.74) is 1.99. The lowest BCUT2D eigenvalue weighted by Crippen LogP contribution is -2.12. The van der Waals surface area contributed by atoms with Crippen LogP contribution in [0.3, 0.4) is 0 Å². The first kappa shape index (κ1) is 23.4. The molecule has 2 atom stereocenters. The molecule has 0 N–H and O–H groups in total. The van der Waals surface area contributed by atoms with Crippen molar-refractivity contribution in [1.82, 2.24) is 0 Å². The van der Waals surface area contributed by atoms with Gasteiger partial charge in [0.2, 0.25) is 0 Å². The minimum Gasteiger partial charge on any atom is -0.496 e. The normalized spacial score (nSPS) is 19.8. The van der Waals surface area contributed by atoms with E-state index in [1.165, 1.54) is 0 Å². The molecule has 0 unspecified atom stereocenters. The third-order valence-electron chi connectivity index (χ3n) is 5.76. The second kappa shape index (κ2) is 10.8. The van der Waals surface area contributed by atoms with Gasteiger partial charge in [-0.25, -0.2) is 0 Å². The molecule has 2 aromatic rings. The predicted molar refractivity (Wildman–Crippen MR) is 125 cm³/mol. The van der Waals surface area contributed by atoms with E-state index >= 15 is 0 Å². The van der Waals surface area contributed by atoms with Crippen LogP contribution < -0.4 is 28.4 Å². The topological polar surface area (TPSA) is 55.4 Å². The van der Waals surface area contributed by atoms with Gasteiger partial charge < -0.3 is 28.4 Å². The van der Waals surface area contributed by atoms with Gasteiger partial charge in [0.1, 0.15) is 11.5 Å². The lowest BCUT2D eigenvalue weighted by molar-refractivity contribution is 0.345. The summed E-state index contributed by atoms with van der Waals surface area (Å²) in [6, 6.07) is 7.71. The Hall–Kier alpha value is -3.28. The summed E-state index contributed by atoms with van der Waals surface area (Å²) in [6.07, 6.45) is 10.8. The SMILES string of the molecule is COc1cc(OC)c([C@H]2/C=C\CC/C=C\[C@H]2c2cc(OC)c(OC)cc2OC)cc1OC. The van der Waals surface area contributed by atoms with Gasteiger partial charge in [-0.2, -0.15) is 0 Å². The van der Waals surface area contributed by atoms with Crippen LogP contribution in [0.25, 0.3) is 0 Å². The second-order valence-corrected chi connectivity index (χ2v) is 7.38. The van der Waals surface area contributed by atoms with Gasteiger partial charge in [-0.3, -0.25) is 0 Å². The van der Waals surface area contributed by atoms with Crippen LogP contribution in [0.5, 0.6) is 34.5 Å². The maximum absolute atomic E-state index is 5.77. The molecular weight excluding hydrogens is 408 g/mol. The van der Waals surface area contributed by atoms with Gasteiger partial charge >= 0.3 is 0 Å². The Bertz CT molecular complexity index is 899. The summed E-state index contributed by atoms with van der Waals surface area (Å²) in [5.74, 6) is 3.95. The quantitative estimate of drug-likeness (QED) is 0.505. The van der Waals surface area contributed by atoms with E-state index in [0.717, 1.165) is 35.5 Å². The van der Waals surface area contributed by atoms with Gasteiger partial charge in [-0.05, 0) is 25.0 Å². The zero-order valence-electron chi connectivity index (χ0n) is 19.6. The Morgan fingerprint density at radius 1 is 0.469 bits per heavy atom. The standard InChI is InChI=1S/C26H32O6/c1-27-21-15-25(31-5)23(29-3)13-19(21)17-11-9-7-8-10-12-18(17)20-14-24(30-4)26(32-6)16-22(20)28-2/h9-18H,7-8H2,1-6H3/b11-9-,12-10-/t17-,18+. The molecule has 6 heteroatoms. The summed E-state index contributed by atoms with van der Waals surface area (Å²) >= 11 is 0. The summed E-state index contributed by atoms with van der Waals surface area (Å²) in [7, 11) is 9.84. The van der Waals surface area contributed by atoms with Crippen LogP contribution in [0.4, 0.5) is 0 Å². The number of hydrogen-bond acceptors (Lipinski definition) is 6. The smallest absolute Gasteiger partial charge is 0.164 e. The van der Waals surface area contributed by atoms with Crippen molar-refractivity contribution in [3.05, 3.63) is 59.7 Å². The molecule has 0 heterocycles. The minimum absolute atomic E-state index is 0.0340. The molecule has 1 aliphatic rings.